The number of piperidine rings is 1. The molecule has 34 heavy (non-hydrogen) atoms. The van der Waals surface area contributed by atoms with E-state index in [1.165, 1.54) is 10.9 Å². The number of aromatic nitrogens is 1. The first-order valence-electron chi connectivity index (χ1n) is 12.1. The third kappa shape index (κ3) is 6.08. The van der Waals surface area contributed by atoms with Crippen molar-refractivity contribution in [2.75, 3.05) is 40.5 Å². The lowest BCUT2D eigenvalue weighted by molar-refractivity contribution is 0.0748. The largest absolute Gasteiger partial charge is 0.497 e. The zero-order valence-electron chi connectivity index (χ0n) is 20.2. The van der Waals surface area contributed by atoms with Crippen molar-refractivity contribution in [2.45, 2.75) is 25.7 Å². The molecule has 1 aliphatic heterocycles. The summed E-state index contributed by atoms with van der Waals surface area (Å²) in [6.07, 6.45) is 6.25. The zero-order valence-corrected chi connectivity index (χ0v) is 20.2. The van der Waals surface area contributed by atoms with E-state index in [2.05, 4.69) is 33.9 Å². The van der Waals surface area contributed by atoms with E-state index in [1.54, 1.807) is 14.2 Å². The average molecular weight is 459 g/mol. The van der Waals surface area contributed by atoms with Gasteiger partial charge in [0.2, 0.25) is 0 Å². The van der Waals surface area contributed by atoms with Crippen molar-refractivity contribution < 1.29 is 14.6 Å². The van der Waals surface area contributed by atoms with Crippen molar-refractivity contribution in [1.82, 2.24) is 9.88 Å². The van der Waals surface area contributed by atoms with Crippen LogP contribution in [0.3, 0.4) is 0 Å². The number of aliphatic hydroxyl groups is 1. The number of pyridine rings is 1. The molecule has 0 radical (unpaired) electrons. The second kappa shape index (κ2) is 11.9. The van der Waals surface area contributed by atoms with Gasteiger partial charge >= 0.3 is 0 Å². The molecular formula is C29H34N2O3. The van der Waals surface area contributed by atoms with Gasteiger partial charge in [-0.25, -0.2) is 0 Å². The molecule has 0 bridgehead atoms. The van der Waals surface area contributed by atoms with E-state index in [1.807, 2.05) is 42.6 Å². The number of benzene rings is 2. The molecule has 1 fully saturated rings. The Bertz CT molecular complexity index is 1130. The highest BCUT2D eigenvalue weighted by molar-refractivity contribution is 5.83. The predicted molar refractivity (Wildman–Crippen MR) is 136 cm³/mol. The number of nitrogens with zero attached hydrogens (tertiary/aromatic N) is 2. The standard InChI is InChI=1S/C29H34N2O3/c1-33-26-10-8-22(9-11-26)5-4-17-31-18-15-23(25(20-31)21-32)6-3-7-24-14-16-30-29-13-12-27(34-2)19-28(24)29/h8-14,16,19,23,25,32H,3,6-7,15,17-18,20-21H2,1-2H3/t23-,25-/m1/s1. The van der Waals surface area contributed by atoms with E-state index in [-0.39, 0.29) is 6.61 Å². The number of hydrogen-bond donors (Lipinski definition) is 1. The Kier molecular flexibility index (Phi) is 8.41. The molecule has 5 nitrogen and oxygen atoms in total. The zero-order chi connectivity index (χ0) is 23.8. The molecule has 1 saturated heterocycles. The first kappa shape index (κ1) is 24.1. The molecular weight excluding hydrogens is 424 g/mol. The van der Waals surface area contributed by atoms with E-state index >= 15 is 0 Å². The lowest BCUT2D eigenvalue weighted by Gasteiger charge is -2.37. The van der Waals surface area contributed by atoms with E-state index < -0.39 is 0 Å². The van der Waals surface area contributed by atoms with Crippen molar-refractivity contribution in [3.05, 3.63) is 65.9 Å². The maximum atomic E-state index is 10.1. The summed E-state index contributed by atoms with van der Waals surface area (Å²) in [5.41, 5.74) is 3.32. The molecule has 3 aromatic rings. The Morgan fingerprint density at radius 3 is 2.59 bits per heavy atom. The van der Waals surface area contributed by atoms with Crippen LogP contribution in [0.5, 0.6) is 11.5 Å². The van der Waals surface area contributed by atoms with Crippen LogP contribution in [0.15, 0.2) is 54.7 Å². The van der Waals surface area contributed by atoms with Gasteiger partial charge in [0, 0.05) is 30.3 Å². The number of aryl methyl sites for hydroxylation is 1. The van der Waals surface area contributed by atoms with Crippen LogP contribution in [-0.2, 0) is 6.42 Å². The van der Waals surface area contributed by atoms with Gasteiger partial charge in [0.15, 0.2) is 0 Å². The Morgan fingerprint density at radius 1 is 1.03 bits per heavy atom. The summed E-state index contributed by atoms with van der Waals surface area (Å²) >= 11 is 0. The maximum Gasteiger partial charge on any atom is 0.119 e. The van der Waals surface area contributed by atoms with Crippen molar-refractivity contribution in [3.63, 3.8) is 0 Å². The fraction of sp³-hybridized carbons (Fsp3) is 0.414. The molecule has 2 heterocycles. The second-order valence-electron chi connectivity index (χ2n) is 9.00. The van der Waals surface area contributed by atoms with Crippen LogP contribution in [0.2, 0.25) is 0 Å². The molecule has 0 spiro atoms. The smallest absolute Gasteiger partial charge is 0.119 e. The van der Waals surface area contributed by atoms with Gasteiger partial charge in [-0.15, -0.1) is 0 Å². The molecule has 4 rings (SSSR count). The van der Waals surface area contributed by atoms with Gasteiger partial charge in [-0.3, -0.25) is 9.88 Å². The van der Waals surface area contributed by atoms with Crippen LogP contribution in [-0.4, -0.2) is 55.5 Å². The quantitative estimate of drug-likeness (QED) is 0.502. The normalized spacial score (nSPS) is 18.3. The minimum atomic E-state index is 0.239. The Balaban J connectivity index is 1.28. The number of likely N-dealkylation sites (tertiary alicyclic amines) is 1. The van der Waals surface area contributed by atoms with E-state index in [4.69, 9.17) is 9.47 Å². The van der Waals surface area contributed by atoms with Gasteiger partial charge in [-0.2, -0.15) is 0 Å². The van der Waals surface area contributed by atoms with Crippen LogP contribution in [0.1, 0.15) is 30.4 Å². The molecule has 0 aliphatic carbocycles. The molecule has 0 saturated carbocycles. The van der Waals surface area contributed by atoms with Gasteiger partial charge in [-0.05, 0) is 98.2 Å². The number of methoxy groups -OCH3 is 2. The number of rotatable bonds is 8. The Hall–Kier alpha value is -3.07. The minimum absolute atomic E-state index is 0.239. The summed E-state index contributed by atoms with van der Waals surface area (Å²) in [4.78, 5) is 6.86. The van der Waals surface area contributed by atoms with Crippen LogP contribution >= 0.6 is 0 Å². The lowest BCUT2D eigenvalue weighted by atomic mass is 9.82. The number of hydrogen-bond acceptors (Lipinski definition) is 5. The average Bonchev–Trinajstić information content (AvgIpc) is 2.89. The molecule has 2 atom stereocenters. The predicted octanol–water partition coefficient (Wildman–Crippen LogP) is 4.56. The number of aliphatic hydroxyl groups excluding tert-OH is 1. The van der Waals surface area contributed by atoms with E-state index in [0.29, 0.717) is 11.8 Å². The second-order valence-corrected chi connectivity index (χ2v) is 9.00. The first-order valence-corrected chi connectivity index (χ1v) is 12.1. The van der Waals surface area contributed by atoms with Crippen LogP contribution in [0.4, 0.5) is 0 Å². The maximum absolute atomic E-state index is 10.1. The third-order valence-electron chi connectivity index (χ3n) is 6.90. The fourth-order valence-electron chi connectivity index (χ4n) is 4.90. The minimum Gasteiger partial charge on any atom is -0.497 e. The summed E-state index contributed by atoms with van der Waals surface area (Å²) in [5, 5.41) is 11.2. The highest BCUT2D eigenvalue weighted by atomic mass is 16.5. The Labute approximate surface area is 202 Å². The van der Waals surface area contributed by atoms with Gasteiger partial charge < -0.3 is 14.6 Å². The van der Waals surface area contributed by atoms with Crippen LogP contribution in [0, 0.1) is 23.7 Å². The topological polar surface area (TPSA) is 54.8 Å². The SMILES string of the molecule is COc1ccc(C#CCN2CC[C@@H](CCCc3ccnc4ccc(OC)cc34)[C@@H](CO)C2)cc1. The molecule has 178 valence electrons. The lowest BCUT2D eigenvalue weighted by Crippen LogP contribution is -2.42. The Morgan fingerprint density at radius 2 is 1.82 bits per heavy atom. The molecule has 0 amide bonds. The molecule has 1 aliphatic rings. The summed E-state index contributed by atoms with van der Waals surface area (Å²) in [6.45, 7) is 2.92. The van der Waals surface area contributed by atoms with Crippen molar-refractivity contribution in [1.29, 1.82) is 0 Å². The molecule has 5 heteroatoms. The highest BCUT2D eigenvalue weighted by Crippen LogP contribution is 2.29. The fourth-order valence-corrected chi connectivity index (χ4v) is 4.90. The van der Waals surface area contributed by atoms with Crippen molar-refractivity contribution in [2.24, 2.45) is 11.8 Å². The van der Waals surface area contributed by atoms with Crippen LogP contribution in [0.25, 0.3) is 10.9 Å². The van der Waals surface area contributed by atoms with Crippen LogP contribution < -0.4 is 9.47 Å². The number of ether oxygens (including phenoxy) is 2. The van der Waals surface area contributed by atoms with Crippen molar-refractivity contribution >= 4 is 10.9 Å². The first-order chi connectivity index (χ1) is 16.7. The summed E-state index contributed by atoms with van der Waals surface area (Å²) in [5.74, 6) is 9.11. The summed E-state index contributed by atoms with van der Waals surface area (Å²) < 4.78 is 10.6. The monoisotopic (exact) mass is 458 g/mol. The van der Waals surface area contributed by atoms with Gasteiger partial charge in [-0.1, -0.05) is 11.8 Å². The summed E-state index contributed by atoms with van der Waals surface area (Å²) in [6, 6.07) is 16.0. The molecule has 2 aromatic carbocycles. The van der Waals surface area contributed by atoms with E-state index in [9.17, 15) is 5.11 Å². The summed E-state index contributed by atoms with van der Waals surface area (Å²) in [7, 11) is 3.36. The molecule has 1 N–H and O–H groups in total. The highest BCUT2D eigenvalue weighted by Gasteiger charge is 2.28. The van der Waals surface area contributed by atoms with Gasteiger partial charge in [0.05, 0.1) is 26.3 Å². The van der Waals surface area contributed by atoms with Gasteiger partial charge in [0.1, 0.15) is 11.5 Å². The van der Waals surface area contributed by atoms with Gasteiger partial charge in [0.25, 0.3) is 0 Å². The van der Waals surface area contributed by atoms with Crippen molar-refractivity contribution in [3.8, 4) is 23.3 Å². The molecule has 1 aromatic heterocycles. The third-order valence-corrected chi connectivity index (χ3v) is 6.90. The molecule has 0 unspecified atom stereocenters. The number of fused-ring (bicyclic) bond motifs is 1. The van der Waals surface area contributed by atoms with E-state index in [0.717, 1.165) is 67.9 Å².